The van der Waals surface area contributed by atoms with Crippen LogP contribution in [-0.4, -0.2) is 9.97 Å². The summed E-state index contributed by atoms with van der Waals surface area (Å²) in [6.07, 6.45) is 3.89. The minimum Gasteiger partial charge on any atom is -0.355 e. The fourth-order valence-electron chi connectivity index (χ4n) is 2.51. The predicted molar refractivity (Wildman–Crippen MR) is 92.7 cm³/mol. The SMILES string of the molecule is C1=Cc2cc(nc3cccc(ccc4cccc(c4)[nH]2)c3)N1. The molecule has 0 amide bonds. The second kappa shape index (κ2) is 5.37. The molecule has 0 radical (unpaired) electrons. The summed E-state index contributed by atoms with van der Waals surface area (Å²) in [5.41, 5.74) is 3.00. The van der Waals surface area contributed by atoms with Crippen LogP contribution in [0.25, 0.3) is 27.9 Å². The molecule has 22 heavy (non-hydrogen) atoms. The van der Waals surface area contributed by atoms with E-state index in [-0.39, 0.29) is 0 Å². The largest absolute Gasteiger partial charge is 0.355 e. The zero-order valence-electron chi connectivity index (χ0n) is 12.0. The molecule has 0 saturated heterocycles. The minimum absolute atomic E-state index is 0.821. The number of aromatic amines is 1. The highest BCUT2D eigenvalue weighted by atomic mass is 15.0. The topological polar surface area (TPSA) is 40.7 Å². The van der Waals surface area contributed by atoms with Gasteiger partial charge in [-0.05, 0) is 41.1 Å². The maximum Gasteiger partial charge on any atom is 0.132 e. The van der Waals surface area contributed by atoms with E-state index in [0.29, 0.717) is 0 Å². The second-order valence-corrected chi connectivity index (χ2v) is 5.25. The molecule has 2 N–H and O–H groups in total. The van der Waals surface area contributed by atoms with Gasteiger partial charge in [-0.2, -0.15) is 0 Å². The van der Waals surface area contributed by atoms with Crippen molar-refractivity contribution >= 4 is 33.7 Å². The quantitative estimate of drug-likeness (QED) is 0.623. The van der Waals surface area contributed by atoms with Gasteiger partial charge < -0.3 is 10.3 Å². The number of aromatic nitrogens is 2. The Hall–Kier alpha value is -3.07. The van der Waals surface area contributed by atoms with E-state index in [1.54, 1.807) is 0 Å². The molecule has 3 nitrogen and oxygen atoms in total. The summed E-state index contributed by atoms with van der Waals surface area (Å²) in [6, 6.07) is 22.8. The molecular formula is C19H15N3. The summed E-state index contributed by atoms with van der Waals surface area (Å²) in [4.78, 5) is 8.07. The van der Waals surface area contributed by atoms with Crippen molar-refractivity contribution in [3.8, 4) is 0 Å². The van der Waals surface area contributed by atoms with Crippen LogP contribution in [0.2, 0.25) is 0 Å². The van der Waals surface area contributed by atoms with Gasteiger partial charge in [-0.1, -0.05) is 36.4 Å². The number of hydrogen-bond acceptors (Lipinski definition) is 2. The Kier molecular flexibility index (Phi) is 3.09. The third-order valence-corrected chi connectivity index (χ3v) is 3.55. The van der Waals surface area contributed by atoms with Gasteiger partial charge in [0.15, 0.2) is 0 Å². The van der Waals surface area contributed by atoms with E-state index >= 15 is 0 Å². The first-order valence-corrected chi connectivity index (χ1v) is 7.24. The number of benzene rings is 2. The fourth-order valence-corrected chi connectivity index (χ4v) is 2.51. The fraction of sp³-hybridized carbons (Fsp3) is 0. The van der Waals surface area contributed by atoms with E-state index in [9.17, 15) is 0 Å². The molecule has 0 saturated carbocycles. The number of anilines is 1. The van der Waals surface area contributed by atoms with E-state index in [1.807, 2.05) is 30.5 Å². The van der Waals surface area contributed by atoms with Crippen molar-refractivity contribution < 1.29 is 0 Å². The number of nitrogens with one attached hydrogen (secondary N) is 2. The van der Waals surface area contributed by atoms with Crippen LogP contribution in [0, 0.1) is 0 Å². The van der Waals surface area contributed by atoms with Crippen LogP contribution in [0.4, 0.5) is 5.82 Å². The molecule has 1 aromatic heterocycles. The molecule has 106 valence electrons. The average molecular weight is 285 g/mol. The predicted octanol–water partition coefficient (Wildman–Crippen LogP) is 4.80. The maximum atomic E-state index is 4.65. The number of hydrogen-bond donors (Lipinski definition) is 2. The molecule has 1 aliphatic heterocycles. The van der Waals surface area contributed by atoms with Crippen molar-refractivity contribution in [1.29, 1.82) is 0 Å². The highest BCUT2D eigenvalue weighted by molar-refractivity contribution is 5.70. The van der Waals surface area contributed by atoms with Gasteiger partial charge in [-0.25, -0.2) is 4.98 Å². The Morgan fingerprint density at radius 3 is 2.50 bits per heavy atom. The van der Waals surface area contributed by atoms with Crippen molar-refractivity contribution in [3.05, 3.63) is 78.6 Å². The summed E-state index contributed by atoms with van der Waals surface area (Å²) < 4.78 is 0. The Balaban J connectivity index is 2.13. The number of nitrogens with zero attached hydrogens (tertiary/aromatic N) is 1. The van der Waals surface area contributed by atoms with Crippen LogP contribution in [0.5, 0.6) is 0 Å². The lowest BCUT2D eigenvalue weighted by molar-refractivity contribution is 1.31. The van der Waals surface area contributed by atoms with Crippen molar-refractivity contribution in [3.63, 3.8) is 0 Å². The van der Waals surface area contributed by atoms with E-state index in [4.69, 9.17) is 0 Å². The second-order valence-electron chi connectivity index (χ2n) is 5.25. The van der Waals surface area contributed by atoms with Gasteiger partial charge in [-0.3, -0.25) is 0 Å². The summed E-state index contributed by atoms with van der Waals surface area (Å²) >= 11 is 0. The first kappa shape index (κ1) is 12.7. The van der Waals surface area contributed by atoms with Gasteiger partial charge in [0.1, 0.15) is 5.82 Å². The van der Waals surface area contributed by atoms with E-state index < -0.39 is 0 Å². The molecule has 0 fully saturated rings. The molecule has 3 aromatic rings. The van der Waals surface area contributed by atoms with Gasteiger partial charge in [0.05, 0.1) is 5.52 Å². The van der Waals surface area contributed by atoms with Crippen LogP contribution >= 0.6 is 0 Å². The molecule has 0 unspecified atom stereocenters. The zero-order chi connectivity index (χ0) is 14.8. The Morgan fingerprint density at radius 1 is 0.773 bits per heavy atom. The first-order chi connectivity index (χ1) is 10.8. The van der Waals surface area contributed by atoms with Crippen molar-refractivity contribution in [2.75, 3.05) is 5.32 Å². The smallest absolute Gasteiger partial charge is 0.132 e. The summed E-state index contributed by atoms with van der Waals surface area (Å²) in [6.45, 7) is 0. The van der Waals surface area contributed by atoms with Crippen LogP contribution in [-0.2, 0) is 0 Å². The molecule has 2 aromatic carbocycles. The lowest BCUT2D eigenvalue weighted by Crippen LogP contribution is -1.95. The van der Waals surface area contributed by atoms with Gasteiger partial charge in [-0.15, -0.1) is 0 Å². The normalized spacial score (nSPS) is 11.8. The third kappa shape index (κ3) is 2.69. The van der Waals surface area contributed by atoms with Gasteiger partial charge in [0, 0.05) is 23.5 Å². The van der Waals surface area contributed by atoms with Crippen LogP contribution in [0.3, 0.4) is 0 Å². The first-order valence-electron chi connectivity index (χ1n) is 7.24. The molecule has 2 heterocycles. The van der Waals surface area contributed by atoms with Crippen LogP contribution < -0.4 is 5.32 Å². The van der Waals surface area contributed by atoms with Gasteiger partial charge in [0.25, 0.3) is 0 Å². The third-order valence-electron chi connectivity index (χ3n) is 3.55. The lowest BCUT2D eigenvalue weighted by atomic mass is 10.2. The van der Waals surface area contributed by atoms with Crippen molar-refractivity contribution in [1.82, 2.24) is 9.97 Å². The maximum absolute atomic E-state index is 4.65. The van der Waals surface area contributed by atoms with Gasteiger partial charge in [0.2, 0.25) is 0 Å². The highest BCUT2D eigenvalue weighted by Crippen LogP contribution is 2.14. The lowest BCUT2D eigenvalue weighted by Gasteiger charge is -2.04. The highest BCUT2D eigenvalue weighted by Gasteiger charge is 1.96. The van der Waals surface area contributed by atoms with Crippen molar-refractivity contribution in [2.45, 2.75) is 0 Å². The summed E-state index contributed by atoms with van der Waals surface area (Å²) in [5, 5.41) is 5.46. The molecule has 0 spiro atoms. The standard InChI is InChI=1S/C19H15N3/c1-3-14-7-8-15-4-2-6-17(12-15)22-19-13-18(9-10-20-19)21-16(5-1)11-14/h1-13,21H,(H,20,22). The van der Waals surface area contributed by atoms with E-state index in [0.717, 1.165) is 33.3 Å². The molecular weight excluding hydrogens is 270 g/mol. The number of fused-ring (bicyclic) bond motifs is 6. The Labute approximate surface area is 128 Å². The molecule has 0 atom stereocenters. The number of rotatable bonds is 0. The molecule has 4 rings (SSSR count). The minimum atomic E-state index is 0.821. The van der Waals surface area contributed by atoms with Gasteiger partial charge >= 0.3 is 0 Å². The summed E-state index contributed by atoms with van der Waals surface area (Å²) in [7, 11) is 0. The number of H-pyrrole nitrogens is 1. The molecule has 0 aliphatic carbocycles. The molecule has 1 aliphatic rings. The molecule has 6 bridgehead atoms. The Bertz CT molecular complexity index is 966. The van der Waals surface area contributed by atoms with Crippen molar-refractivity contribution in [2.24, 2.45) is 0 Å². The zero-order valence-corrected chi connectivity index (χ0v) is 12.0. The monoisotopic (exact) mass is 285 g/mol. The van der Waals surface area contributed by atoms with Crippen LogP contribution in [0.1, 0.15) is 5.69 Å². The van der Waals surface area contributed by atoms with E-state index in [2.05, 4.69) is 63.8 Å². The molecule has 3 heteroatoms. The van der Waals surface area contributed by atoms with Crippen LogP contribution in [0.15, 0.2) is 72.9 Å². The Morgan fingerprint density at radius 2 is 1.59 bits per heavy atom. The average Bonchev–Trinajstić information content (AvgIpc) is 2.54. The van der Waals surface area contributed by atoms with E-state index in [1.165, 1.54) is 0 Å². The summed E-state index contributed by atoms with van der Waals surface area (Å²) in [5.74, 6) is 0.821.